The predicted molar refractivity (Wildman–Crippen MR) is 74.2 cm³/mol. The lowest BCUT2D eigenvalue weighted by Crippen LogP contribution is -2.32. The van der Waals surface area contributed by atoms with E-state index in [0.717, 1.165) is 29.0 Å². The summed E-state index contributed by atoms with van der Waals surface area (Å²) in [5, 5.41) is 6.05. The maximum Gasteiger partial charge on any atom is 0.317 e. The molecule has 0 aromatic heterocycles. The van der Waals surface area contributed by atoms with Gasteiger partial charge in [0.15, 0.2) is 0 Å². The van der Waals surface area contributed by atoms with Crippen LogP contribution < -0.4 is 15.4 Å². The van der Waals surface area contributed by atoms with Gasteiger partial charge >= 0.3 is 6.03 Å². The predicted octanol–water partition coefficient (Wildman–Crippen LogP) is 1.89. The van der Waals surface area contributed by atoms with Crippen molar-refractivity contribution < 1.29 is 9.53 Å². The summed E-state index contributed by atoms with van der Waals surface area (Å²) in [6.45, 7) is 2.93. The van der Waals surface area contributed by atoms with Gasteiger partial charge in [0.2, 0.25) is 0 Å². The molecule has 1 aliphatic rings. The lowest BCUT2D eigenvalue weighted by molar-refractivity contribution is 0.219. The molecule has 0 unspecified atom stereocenters. The van der Waals surface area contributed by atoms with Crippen LogP contribution in [0.25, 0.3) is 0 Å². The Balaban J connectivity index is 1.86. The molecule has 1 fully saturated rings. The van der Waals surface area contributed by atoms with Crippen LogP contribution in [0.5, 0.6) is 5.75 Å². The van der Waals surface area contributed by atoms with Crippen LogP contribution >= 0.6 is 15.9 Å². The van der Waals surface area contributed by atoms with Gasteiger partial charge in [-0.05, 0) is 12.1 Å². The summed E-state index contributed by atoms with van der Waals surface area (Å²) in [6.07, 6.45) is 0. The first kappa shape index (κ1) is 13.0. The number of benzene rings is 1. The molecule has 2 N–H and O–H groups in total. The van der Waals surface area contributed by atoms with Crippen molar-refractivity contribution in [2.75, 3.05) is 38.6 Å². The van der Waals surface area contributed by atoms with E-state index in [-0.39, 0.29) is 6.03 Å². The molecule has 1 heterocycles. The molecule has 0 aliphatic carbocycles. The zero-order valence-corrected chi connectivity index (χ0v) is 11.8. The molecule has 5 nitrogen and oxygen atoms in total. The van der Waals surface area contributed by atoms with E-state index in [9.17, 15) is 4.79 Å². The Labute approximate surface area is 115 Å². The van der Waals surface area contributed by atoms with E-state index in [2.05, 4.69) is 26.6 Å². The molecule has 1 saturated heterocycles. The molecule has 0 radical (unpaired) electrons. The molecule has 1 aliphatic heterocycles. The smallest absolute Gasteiger partial charge is 0.317 e. The molecule has 1 aromatic carbocycles. The molecule has 0 spiro atoms. The summed E-state index contributed by atoms with van der Waals surface area (Å²) in [4.78, 5) is 13.1. The van der Waals surface area contributed by atoms with Gasteiger partial charge in [0.25, 0.3) is 0 Å². The first-order valence-corrected chi connectivity index (χ1v) is 6.59. The lowest BCUT2D eigenvalue weighted by Gasteiger charge is -2.15. The van der Waals surface area contributed by atoms with Gasteiger partial charge in [0.05, 0.1) is 7.11 Å². The molecule has 0 saturated carbocycles. The summed E-state index contributed by atoms with van der Waals surface area (Å²) < 4.78 is 6.15. The standard InChI is InChI=1S/C12H16BrN3O2/c1-18-11-7-9(13)6-10(8-11)14-2-4-16-5-3-15-12(16)17/h6-8,14H,2-5H2,1H3,(H,15,17). The molecule has 1 aromatic rings. The van der Waals surface area contributed by atoms with Crippen molar-refractivity contribution in [3.8, 4) is 5.75 Å². The van der Waals surface area contributed by atoms with E-state index in [4.69, 9.17) is 4.74 Å². The van der Waals surface area contributed by atoms with Crippen molar-refractivity contribution >= 4 is 27.6 Å². The third-order valence-corrected chi connectivity index (χ3v) is 3.22. The van der Waals surface area contributed by atoms with Gasteiger partial charge in [-0.15, -0.1) is 0 Å². The van der Waals surface area contributed by atoms with Crippen LogP contribution in [0.4, 0.5) is 10.5 Å². The summed E-state index contributed by atoms with van der Waals surface area (Å²) in [7, 11) is 1.64. The second-order valence-electron chi connectivity index (χ2n) is 4.03. The summed E-state index contributed by atoms with van der Waals surface area (Å²) in [5.74, 6) is 0.797. The molecule has 6 heteroatoms. The number of urea groups is 1. The molecular formula is C12H16BrN3O2. The van der Waals surface area contributed by atoms with Gasteiger partial charge in [0, 0.05) is 42.4 Å². The largest absolute Gasteiger partial charge is 0.497 e. The fourth-order valence-corrected chi connectivity index (χ4v) is 2.31. The number of rotatable bonds is 5. The number of halogens is 1. The Morgan fingerprint density at radius 3 is 3.00 bits per heavy atom. The van der Waals surface area contributed by atoms with Crippen LogP contribution in [0.15, 0.2) is 22.7 Å². The monoisotopic (exact) mass is 313 g/mol. The van der Waals surface area contributed by atoms with Crippen LogP contribution in [-0.4, -0.2) is 44.2 Å². The number of carbonyl (C=O) groups excluding carboxylic acids is 1. The topological polar surface area (TPSA) is 53.6 Å². The van der Waals surface area contributed by atoms with Crippen molar-refractivity contribution in [3.05, 3.63) is 22.7 Å². The number of anilines is 1. The average molecular weight is 314 g/mol. The van der Waals surface area contributed by atoms with Crippen LogP contribution in [0, 0.1) is 0 Å². The second kappa shape index (κ2) is 5.95. The molecule has 0 bridgehead atoms. The van der Waals surface area contributed by atoms with Crippen molar-refractivity contribution in [2.45, 2.75) is 0 Å². The normalized spacial score (nSPS) is 14.6. The van der Waals surface area contributed by atoms with Crippen molar-refractivity contribution in [3.63, 3.8) is 0 Å². The Bertz CT molecular complexity index is 439. The molecule has 18 heavy (non-hydrogen) atoms. The number of carbonyl (C=O) groups is 1. The highest BCUT2D eigenvalue weighted by Crippen LogP contribution is 2.24. The number of amides is 2. The van der Waals surface area contributed by atoms with Crippen LogP contribution in [0.1, 0.15) is 0 Å². The highest BCUT2D eigenvalue weighted by atomic mass is 79.9. The van der Waals surface area contributed by atoms with E-state index in [1.54, 1.807) is 12.0 Å². The highest BCUT2D eigenvalue weighted by Gasteiger charge is 2.18. The Hall–Kier alpha value is -1.43. The fraction of sp³-hybridized carbons (Fsp3) is 0.417. The molecule has 2 rings (SSSR count). The first-order valence-electron chi connectivity index (χ1n) is 5.80. The quantitative estimate of drug-likeness (QED) is 0.873. The maximum absolute atomic E-state index is 11.3. The summed E-state index contributed by atoms with van der Waals surface area (Å²) in [6, 6.07) is 5.82. The van der Waals surface area contributed by atoms with Crippen LogP contribution in [0.3, 0.4) is 0 Å². The van der Waals surface area contributed by atoms with Gasteiger partial charge in [-0.3, -0.25) is 0 Å². The van der Waals surface area contributed by atoms with Gasteiger partial charge in [-0.2, -0.15) is 0 Å². The number of nitrogens with zero attached hydrogens (tertiary/aromatic N) is 1. The fourth-order valence-electron chi connectivity index (χ4n) is 1.84. The van der Waals surface area contributed by atoms with E-state index in [1.807, 2.05) is 18.2 Å². The Morgan fingerprint density at radius 1 is 1.50 bits per heavy atom. The average Bonchev–Trinajstić information content (AvgIpc) is 2.74. The number of ether oxygens (including phenoxy) is 1. The van der Waals surface area contributed by atoms with E-state index >= 15 is 0 Å². The molecule has 98 valence electrons. The van der Waals surface area contributed by atoms with Crippen molar-refractivity contribution in [2.24, 2.45) is 0 Å². The zero-order chi connectivity index (χ0) is 13.0. The van der Waals surface area contributed by atoms with Gasteiger partial charge < -0.3 is 20.3 Å². The lowest BCUT2D eigenvalue weighted by atomic mass is 10.3. The third-order valence-electron chi connectivity index (χ3n) is 2.76. The van der Waals surface area contributed by atoms with Gasteiger partial charge in [-0.1, -0.05) is 15.9 Å². The van der Waals surface area contributed by atoms with E-state index in [1.165, 1.54) is 0 Å². The van der Waals surface area contributed by atoms with E-state index in [0.29, 0.717) is 13.1 Å². The van der Waals surface area contributed by atoms with Crippen LogP contribution in [0.2, 0.25) is 0 Å². The van der Waals surface area contributed by atoms with Crippen molar-refractivity contribution in [1.29, 1.82) is 0 Å². The molecule has 0 atom stereocenters. The minimum atomic E-state index is 0.0172. The first-order chi connectivity index (χ1) is 8.69. The number of hydrogen-bond acceptors (Lipinski definition) is 3. The minimum absolute atomic E-state index is 0.0172. The Morgan fingerprint density at radius 2 is 2.33 bits per heavy atom. The number of methoxy groups -OCH3 is 1. The number of nitrogens with one attached hydrogen (secondary N) is 2. The summed E-state index contributed by atoms with van der Waals surface area (Å²) >= 11 is 3.43. The van der Waals surface area contributed by atoms with Crippen molar-refractivity contribution in [1.82, 2.24) is 10.2 Å². The van der Waals surface area contributed by atoms with E-state index < -0.39 is 0 Å². The SMILES string of the molecule is COc1cc(Br)cc(NCCN2CCNC2=O)c1. The molecular weight excluding hydrogens is 298 g/mol. The van der Waals surface area contributed by atoms with Gasteiger partial charge in [0.1, 0.15) is 5.75 Å². The Kier molecular flexibility index (Phi) is 4.30. The maximum atomic E-state index is 11.3. The third kappa shape index (κ3) is 3.29. The van der Waals surface area contributed by atoms with Crippen LogP contribution in [-0.2, 0) is 0 Å². The zero-order valence-electron chi connectivity index (χ0n) is 10.2. The minimum Gasteiger partial charge on any atom is -0.497 e. The molecule has 2 amide bonds. The summed E-state index contributed by atoms with van der Waals surface area (Å²) in [5.41, 5.74) is 0.973. The van der Waals surface area contributed by atoms with Gasteiger partial charge in [-0.25, -0.2) is 4.79 Å². The highest BCUT2D eigenvalue weighted by molar-refractivity contribution is 9.10. The second-order valence-corrected chi connectivity index (χ2v) is 4.94. The number of hydrogen-bond donors (Lipinski definition) is 2.